The number of hydrogen-bond acceptors (Lipinski definition) is 3. The van der Waals surface area contributed by atoms with Crippen LogP contribution in [0.5, 0.6) is 0 Å². The van der Waals surface area contributed by atoms with Crippen LogP contribution >= 0.6 is 0 Å². The van der Waals surface area contributed by atoms with Gasteiger partial charge in [0.25, 0.3) is 0 Å². The SMILES string of the molecule is CCOCOC1CC(C)(C)NC(C)(C)C1. The van der Waals surface area contributed by atoms with Gasteiger partial charge in [0.15, 0.2) is 0 Å². The van der Waals surface area contributed by atoms with Crippen molar-refractivity contribution in [1.29, 1.82) is 0 Å². The molecule has 1 fully saturated rings. The quantitative estimate of drug-likeness (QED) is 0.576. The van der Waals surface area contributed by atoms with E-state index in [1.807, 2.05) is 6.92 Å². The summed E-state index contributed by atoms with van der Waals surface area (Å²) in [5, 5.41) is 3.63. The lowest BCUT2D eigenvalue weighted by atomic mass is 9.81. The number of nitrogens with one attached hydrogen (secondary N) is 1. The Morgan fingerprint density at radius 2 is 1.67 bits per heavy atom. The first-order valence-corrected chi connectivity index (χ1v) is 5.83. The van der Waals surface area contributed by atoms with E-state index in [4.69, 9.17) is 9.47 Å². The van der Waals surface area contributed by atoms with E-state index >= 15 is 0 Å². The molecule has 90 valence electrons. The van der Waals surface area contributed by atoms with Crippen LogP contribution in [0.4, 0.5) is 0 Å². The fourth-order valence-corrected chi connectivity index (χ4v) is 2.57. The number of hydrogen-bond donors (Lipinski definition) is 1. The Balaban J connectivity index is 2.44. The van der Waals surface area contributed by atoms with E-state index in [2.05, 4.69) is 33.0 Å². The molecule has 15 heavy (non-hydrogen) atoms. The van der Waals surface area contributed by atoms with E-state index in [1.54, 1.807) is 0 Å². The van der Waals surface area contributed by atoms with Crippen molar-refractivity contribution in [2.24, 2.45) is 0 Å². The summed E-state index contributed by atoms with van der Waals surface area (Å²) >= 11 is 0. The van der Waals surface area contributed by atoms with Gasteiger partial charge < -0.3 is 14.8 Å². The molecule has 0 aromatic rings. The van der Waals surface area contributed by atoms with Crippen molar-refractivity contribution < 1.29 is 9.47 Å². The second-order valence-electron chi connectivity index (χ2n) is 5.70. The minimum atomic E-state index is 0.151. The summed E-state index contributed by atoms with van der Waals surface area (Å²) in [4.78, 5) is 0. The lowest BCUT2D eigenvalue weighted by Gasteiger charge is -2.46. The predicted molar refractivity (Wildman–Crippen MR) is 61.9 cm³/mol. The van der Waals surface area contributed by atoms with Crippen LogP contribution in [0.25, 0.3) is 0 Å². The Bertz CT molecular complexity index is 186. The van der Waals surface area contributed by atoms with Crippen molar-refractivity contribution in [3.05, 3.63) is 0 Å². The van der Waals surface area contributed by atoms with Gasteiger partial charge in [0, 0.05) is 17.7 Å². The van der Waals surface area contributed by atoms with Crippen LogP contribution < -0.4 is 5.32 Å². The Hall–Kier alpha value is -0.120. The van der Waals surface area contributed by atoms with Crippen molar-refractivity contribution in [3.8, 4) is 0 Å². The van der Waals surface area contributed by atoms with Crippen LogP contribution in [0.15, 0.2) is 0 Å². The molecule has 0 bridgehead atoms. The van der Waals surface area contributed by atoms with Crippen LogP contribution in [0.1, 0.15) is 47.5 Å². The molecule has 1 heterocycles. The summed E-state index contributed by atoms with van der Waals surface area (Å²) in [5.74, 6) is 0. The number of rotatable bonds is 4. The molecular weight excluding hydrogens is 190 g/mol. The monoisotopic (exact) mass is 215 g/mol. The first-order valence-electron chi connectivity index (χ1n) is 5.83. The summed E-state index contributed by atoms with van der Waals surface area (Å²) in [7, 11) is 0. The summed E-state index contributed by atoms with van der Waals surface area (Å²) < 4.78 is 11.0. The van der Waals surface area contributed by atoms with Crippen LogP contribution in [-0.4, -0.2) is 30.6 Å². The summed E-state index contributed by atoms with van der Waals surface area (Å²) in [5.41, 5.74) is 0.303. The molecule has 1 rings (SSSR count). The van der Waals surface area contributed by atoms with Gasteiger partial charge in [-0.15, -0.1) is 0 Å². The Labute approximate surface area is 93.5 Å². The molecule has 0 aromatic carbocycles. The highest BCUT2D eigenvalue weighted by atomic mass is 16.7. The van der Waals surface area contributed by atoms with Crippen LogP contribution in [-0.2, 0) is 9.47 Å². The van der Waals surface area contributed by atoms with Gasteiger partial charge in [-0.05, 0) is 47.5 Å². The summed E-state index contributed by atoms with van der Waals surface area (Å²) in [6, 6.07) is 0. The van der Waals surface area contributed by atoms with Gasteiger partial charge >= 0.3 is 0 Å². The maximum Gasteiger partial charge on any atom is 0.147 e. The maximum atomic E-state index is 5.73. The molecule has 0 aliphatic carbocycles. The second kappa shape index (κ2) is 4.81. The molecule has 0 aromatic heterocycles. The zero-order valence-electron chi connectivity index (χ0n) is 10.7. The second-order valence-corrected chi connectivity index (χ2v) is 5.70. The molecule has 1 aliphatic rings. The lowest BCUT2D eigenvalue weighted by Crippen LogP contribution is -2.59. The highest BCUT2D eigenvalue weighted by Gasteiger charge is 2.37. The number of ether oxygens (including phenoxy) is 2. The Morgan fingerprint density at radius 3 is 2.13 bits per heavy atom. The minimum Gasteiger partial charge on any atom is -0.356 e. The molecule has 1 saturated heterocycles. The van der Waals surface area contributed by atoms with Crippen LogP contribution in [0, 0.1) is 0 Å². The molecule has 0 amide bonds. The molecular formula is C12H25NO2. The Kier molecular flexibility index (Phi) is 4.15. The van der Waals surface area contributed by atoms with Gasteiger partial charge in [-0.2, -0.15) is 0 Å². The average Bonchev–Trinajstić information content (AvgIpc) is 1.98. The third-order valence-corrected chi connectivity index (χ3v) is 2.74. The largest absolute Gasteiger partial charge is 0.356 e. The fourth-order valence-electron chi connectivity index (χ4n) is 2.57. The maximum absolute atomic E-state index is 5.73. The van der Waals surface area contributed by atoms with E-state index in [0.717, 1.165) is 19.4 Å². The standard InChI is InChI=1S/C12H25NO2/c1-6-14-9-15-10-7-11(2,3)13-12(4,5)8-10/h10,13H,6-9H2,1-5H3. The van der Waals surface area contributed by atoms with Crippen LogP contribution in [0.3, 0.4) is 0 Å². The van der Waals surface area contributed by atoms with E-state index in [0.29, 0.717) is 12.9 Å². The topological polar surface area (TPSA) is 30.5 Å². The fraction of sp³-hybridized carbons (Fsp3) is 1.00. The molecule has 3 nitrogen and oxygen atoms in total. The van der Waals surface area contributed by atoms with Gasteiger partial charge in [-0.25, -0.2) is 0 Å². The smallest absolute Gasteiger partial charge is 0.147 e. The van der Waals surface area contributed by atoms with E-state index in [1.165, 1.54) is 0 Å². The van der Waals surface area contributed by atoms with Gasteiger partial charge in [0.1, 0.15) is 6.79 Å². The molecule has 0 unspecified atom stereocenters. The Morgan fingerprint density at radius 1 is 1.13 bits per heavy atom. The summed E-state index contributed by atoms with van der Waals surface area (Å²) in [6.45, 7) is 12.0. The van der Waals surface area contributed by atoms with Crippen molar-refractivity contribution in [2.45, 2.75) is 64.6 Å². The van der Waals surface area contributed by atoms with Crippen LogP contribution in [0.2, 0.25) is 0 Å². The van der Waals surface area contributed by atoms with Crippen molar-refractivity contribution in [1.82, 2.24) is 5.32 Å². The average molecular weight is 215 g/mol. The molecule has 0 spiro atoms. The molecule has 1 N–H and O–H groups in total. The van der Waals surface area contributed by atoms with E-state index in [-0.39, 0.29) is 11.1 Å². The molecule has 0 saturated carbocycles. The molecule has 0 radical (unpaired) electrons. The van der Waals surface area contributed by atoms with Gasteiger partial charge in [0.05, 0.1) is 6.10 Å². The normalized spacial score (nSPS) is 25.4. The highest BCUT2D eigenvalue weighted by Crippen LogP contribution is 2.30. The van der Waals surface area contributed by atoms with Crippen molar-refractivity contribution in [2.75, 3.05) is 13.4 Å². The number of piperidine rings is 1. The molecule has 0 atom stereocenters. The van der Waals surface area contributed by atoms with Gasteiger partial charge in [-0.1, -0.05) is 0 Å². The molecule has 1 aliphatic heterocycles. The molecule has 3 heteroatoms. The van der Waals surface area contributed by atoms with Crippen molar-refractivity contribution in [3.63, 3.8) is 0 Å². The summed E-state index contributed by atoms with van der Waals surface area (Å²) in [6.07, 6.45) is 2.40. The third kappa shape index (κ3) is 4.49. The zero-order chi connectivity index (χ0) is 11.5. The third-order valence-electron chi connectivity index (χ3n) is 2.74. The highest BCUT2D eigenvalue weighted by molar-refractivity contribution is 4.97. The first-order chi connectivity index (χ1) is 6.85. The predicted octanol–water partition coefficient (Wildman–Crippen LogP) is 2.31. The van der Waals surface area contributed by atoms with E-state index < -0.39 is 0 Å². The van der Waals surface area contributed by atoms with Gasteiger partial charge in [0.2, 0.25) is 0 Å². The van der Waals surface area contributed by atoms with Crippen molar-refractivity contribution >= 4 is 0 Å². The zero-order valence-corrected chi connectivity index (χ0v) is 10.7. The van der Waals surface area contributed by atoms with E-state index in [9.17, 15) is 0 Å². The first kappa shape index (κ1) is 12.9. The van der Waals surface area contributed by atoms with Gasteiger partial charge in [-0.3, -0.25) is 0 Å². The minimum absolute atomic E-state index is 0.151. The lowest BCUT2D eigenvalue weighted by molar-refractivity contribution is -0.113.